The van der Waals surface area contributed by atoms with E-state index in [4.69, 9.17) is 10.5 Å². The van der Waals surface area contributed by atoms with Crippen molar-refractivity contribution in [1.29, 1.82) is 0 Å². The number of nitrogens with two attached hydrogens (primary N) is 1. The summed E-state index contributed by atoms with van der Waals surface area (Å²) in [5.41, 5.74) is 8.91. The fourth-order valence-electron chi connectivity index (χ4n) is 3.28. The molecular formula is C16H24N2O. The minimum absolute atomic E-state index is 0.133. The topological polar surface area (TPSA) is 38.5 Å². The zero-order chi connectivity index (χ0) is 13.2. The molecule has 2 atom stereocenters. The van der Waals surface area contributed by atoms with Crippen molar-refractivity contribution in [2.75, 3.05) is 26.2 Å². The van der Waals surface area contributed by atoms with Gasteiger partial charge in [-0.3, -0.25) is 4.90 Å². The summed E-state index contributed by atoms with van der Waals surface area (Å²) < 4.78 is 5.91. The summed E-state index contributed by atoms with van der Waals surface area (Å²) in [6, 6.07) is 9.22. The van der Waals surface area contributed by atoms with Gasteiger partial charge in [0.15, 0.2) is 0 Å². The van der Waals surface area contributed by atoms with Crippen molar-refractivity contribution in [3.8, 4) is 0 Å². The third kappa shape index (κ3) is 2.55. The van der Waals surface area contributed by atoms with E-state index in [9.17, 15) is 0 Å². The van der Waals surface area contributed by atoms with Crippen molar-refractivity contribution in [3.05, 3.63) is 35.4 Å². The Morgan fingerprint density at radius 3 is 2.63 bits per heavy atom. The summed E-state index contributed by atoms with van der Waals surface area (Å²) in [5, 5.41) is 0. The molecule has 3 nitrogen and oxygen atoms in total. The van der Waals surface area contributed by atoms with Crippen LogP contribution in [0.3, 0.4) is 0 Å². The molecule has 1 saturated heterocycles. The van der Waals surface area contributed by atoms with Crippen LogP contribution in [0.2, 0.25) is 0 Å². The summed E-state index contributed by atoms with van der Waals surface area (Å²) in [6.07, 6.45) is 2.81. The lowest BCUT2D eigenvalue weighted by Gasteiger charge is -2.41. The average Bonchev–Trinajstić information content (AvgIpc) is 3.31. The fraction of sp³-hybridized carbons (Fsp3) is 0.625. The summed E-state index contributed by atoms with van der Waals surface area (Å²) >= 11 is 0. The van der Waals surface area contributed by atoms with E-state index in [1.165, 1.54) is 24.0 Å². The molecule has 1 aromatic carbocycles. The van der Waals surface area contributed by atoms with Crippen LogP contribution in [0.25, 0.3) is 0 Å². The summed E-state index contributed by atoms with van der Waals surface area (Å²) in [4.78, 5) is 2.52. The van der Waals surface area contributed by atoms with Crippen molar-refractivity contribution in [2.24, 2.45) is 5.73 Å². The van der Waals surface area contributed by atoms with Crippen LogP contribution in [0.4, 0.5) is 0 Å². The first-order valence-corrected chi connectivity index (χ1v) is 7.49. The van der Waals surface area contributed by atoms with E-state index < -0.39 is 0 Å². The molecule has 1 heterocycles. The monoisotopic (exact) mass is 260 g/mol. The highest BCUT2D eigenvalue weighted by atomic mass is 16.5. The van der Waals surface area contributed by atoms with Crippen LogP contribution in [-0.4, -0.2) is 37.2 Å². The second kappa shape index (κ2) is 5.61. The molecule has 3 rings (SSSR count). The van der Waals surface area contributed by atoms with E-state index in [1.54, 1.807) is 0 Å². The first-order valence-electron chi connectivity index (χ1n) is 7.49. The van der Waals surface area contributed by atoms with E-state index in [0.717, 1.165) is 25.6 Å². The molecule has 1 aliphatic heterocycles. The van der Waals surface area contributed by atoms with Gasteiger partial charge in [-0.1, -0.05) is 31.2 Å². The van der Waals surface area contributed by atoms with Crippen molar-refractivity contribution in [3.63, 3.8) is 0 Å². The van der Waals surface area contributed by atoms with Crippen LogP contribution >= 0.6 is 0 Å². The number of ether oxygens (including phenoxy) is 1. The van der Waals surface area contributed by atoms with Crippen molar-refractivity contribution < 1.29 is 4.74 Å². The Morgan fingerprint density at radius 2 is 2.00 bits per heavy atom. The highest BCUT2D eigenvalue weighted by molar-refractivity contribution is 5.36. The fourth-order valence-corrected chi connectivity index (χ4v) is 3.28. The zero-order valence-electron chi connectivity index (χ0n) is 11.7. The van der Waals surface area contributed by atoms with Gasteiger partial charge in [0, 0.05) is 13.1 Å². The van der Waals surface area contributed by atoms with Crippen LogP contribution in [-0.2, 0) is 4.74 Å². The van der Waals surface area contributed by atoms with Gasteiger partial charge in [-0.15, -0.1) is 0 Å². The molecule has 1 aromatic rings. The van der Waals surface area contributed by atoms with Crippen molar-refractivity contribution in [2.45, 2.75) is 37.8 Å². The Balaban J connectivity index is 1.96. The average molecular weight is 260 g/mol. The molecule has 0 amide bonds. The number of likely N-dealkylation sites (N-methyl/N-ethyl adjacent to an activating group) is 1. The number of morpholine rings is 1. The van der Waals surface area contributed by atoms with Crippen LogP contribution in [0.15, 0.2) is 24.3 Å². The first kappa shape index (κ1) is 13.1. The Bertz CT molecular complexity index is 419. The minimum Gasteiger partial charge on any atom is -0.374 e. The minimum atomic E-state index is 0.133. The quantitative estimate of drug-likeness (QED) is 0.902. The molecule has 2 unspecified atom stereocenters. The molecule has 0 radical (unpaired) electrons. The van der Waals surface area contributed by atoms with E-state index in [-0.39, 0.29) is 6.10 Å². The highest BCUT2D eigenvalue weighted by Gasteiger charge is 2.36. The second-order valence-electron chi connectivity index (χ2n) is 5.62. The van der Waals surface area contributed by atoms with Gasteiger partial charge < -0.3 is 10.5 Å². The van der Waals surface area contributed by atoms with Gasteiger partial charge in [-0.25, -0.2) is 0 Å². The van der Waals surface area contributed by atoms with Crippen LogP contribution < -0.4 is 5.73 Å². The standard InChI is InChI=1S/C16H24N2O/c1-2-18-9-10-19-15(11-17)16(18)14-6-4-3-5-13(14)12-7-8-12/h3-6,12,15-16H,2,7-11,17H2,1H3. The molecule has 104 valence electrons. The number of hydrogen-bond donors (Lipinski definition) is 1. The Morgan fingerprint density at radius 1 is 1.26 bits per heavy atom. The van der Waals surface area contributed by atoms with Gasteiger partial charge in [0.05, 0.1) is 18.8 Å². The lowest BCUT2D eigenvalue weighted by Crippen LogP contribution is -2.48. The third-order valence-electron chi connectivity index (χ3n) is 4.43. The maximum Gasteiger partial charge on any atom is 0.0894 e. The predicted molar refractivity (Wildman–Crippen MR) is 77.2 cm³/mol. The van der Waals surface area contributed by atoms with Gasteiger partial charge in [0.2, 0.25) is 0 Å². The van der Waals surface area contributed by atoms with Gasteiger partial charge in [-0.05, 0) is 36.4 Å². The Hall–Kier alpha value is -0.900. The maximum atomic E-state index is 5.94. The lowest BCUT2D eigenvalue weighted by molar-refractivity contribution is -0.0660. The van der Waals surface area contributed by atoms with Crippen LogP contribution in [0, 0.1) is 0 Å². The second-order valence-corrected chi connectivity index (χ2v) is 5.62. The first-order chi connectivity index (χ1) is 9.35. The molecule has 19 heavy (non-hydrogen) atoms. The van der Waals surface area contributed by atoms with Crippen molar-refractivity contribution in [1.82, 2.24) is 4.90 Å². The normalized spacial score (nSPS) is 28.5. The molecule has 0 aromatic heterocycles. The van der Waals surface area contributed by atoms with Gasteiger partial charge in [0.25, 0.3) is 0 Å². The largest absolute Gasteiger partial charge is 0.374 e. The van der Waals surface area contributed by atoms with Crippen LogP contribution in [0.5, 0.6) is 0 Å². The SMILES string of the molecule is CCN1CCOC(CN)C1c1ccccc1C1CC1. The molecule has 2 N–H and O–H groups in total. The third-order valence-corrected chi connectivity index (χ3v) is 4.43. The molecule has 1 saturated carbocycles. The molecule has 1 aliphatic carbocycles. The van der Waals surface area contributed by atoms with Gasteiger partial charge >= 0.3 is 0 Å². The number of rotatable bonds is 4. The molecular weight excluding hydrogens is 236 g/mol. The predicted octanol–water partition coefficient (Wildman–Crippen LogP) is 2.28. The number of hydrogen-bond acceptors (Lipinski definition) is 3. The summed E-state index contributed by atoms with van der Waals surface area (Å²) in [5.74, 6) is 0.773. The van der Waals surface area contributed by atoms with Gasteiger partial charge in [-0.2, -0.15) is 0 Å². The number of nitrogens with zero attached hydrogens (tertiary/aromatic N) is 1. The van der Waals surface area contributed by atoms with E-state index in [1.807, 2.05) is 0 Å². The van der Waals surface area contributed by atoms with Crippen LogP contribution in [0.1, 0.15) is 42.9 Å². The molecule has 2 aliphatic rings. The summed E-state index contributed by atoms with van der Waals surface area (Å²) in [7, 11) is 0. The molecule has 0 bridgehead atoms. The lowest BCUT2D eigenvalue weighted by atomic mass is 9.91. The molecule has 2 fully saturated rings. The van der Waals surface area contributed by atoms with E-state index in [0.29, 0.717) is 12.6 Å². The Kier molecular flexibility index (Phi) is 3.87. The van der Waals surface area contributed by atoms with E-state index in [2.05, 4.69) is 36.1 Å². The summed E-state index contributed by atoms with van der Waals surface area (Å²) in [6.45, 7) is 5.70. The Labute approximate surface area is 115 Å². The molecule has 3 heteroatoms. The maximum absolute atomic E-state index is 5.94. The highest BCUT2D eigenvalue weighted by Crippen LogP contribution is 2.44. The smallest absolute Gasteiger partial charge is 0.0894 e. The number of benzene rings is 1. The van der Waals surface area contributed by atoms with E-state index >= 15 is 0 Å². The molecule has 0 spiro atoms. The van der Waals surface area contributed by atoms with Crippen molar-refractivity contribution >= 4 is 0 Å². The zero-order valence-corrected chi connectivity index (χ0v) is 11.7. The van der Waals surface area contributed by atoms with Gasteiger partial charge in [0.1, 0.15) is 0 Å².